The average molecular weight is 509 g/mol. The predicted molar refractivity (Wildman–Crippen MR) is 139 cm³/mol. The summed E-state index contributed by atoms with van der Waals surface area (Å²) in [5.41, 5.74) is 1.56. The van der Waals surface area contributed by atoms with Gasteiger partial charge in [-0.25, -0.2) is 4.79 Å². The van der Waals surface area contributed by atoms with Gasteiger partial charge in [-0.3, -0.25) is 18.5 Å². The van der Waals surface area contributed by atoms with Crippen LogP contribution in [-0.4, -0.2) is 74.1 Å². The highest BCUT2D eigenvalue weighted by atomic mass is 16.5. The molecule has 4 aromatic rings. The van der Waals surface area contributed by atoms with Crippen molar-refractivity contribution in [3.8, 4) is 17.2 Å². The summed E-state index contributed by atoms with van der Waals surface area (Å²) in [6.07, 6.45) is 1.93. The summed E-state index contributed by atoms with van der Waals surface area (Å²) in [7, 11) is 8.89. The van der Waals surface area contributed by atoms with Crippen LogP contribution in [0.5, 0.6) is 5.75 Å². The molecule has 0 saturated carbocycles. The largest absolute Gasteiger partial charge is 0.496 e. The average Bonchev–Trinajstić information content (AvgIpc) is 3.52. The first-order chi connectivity index (χ1) is 17.7. The number of rotatable bonds is 6. The molecule has 1 aliphatic heterocycles. The van der Waals surface area contributed by atoms with Crippen LogP contribution in [0.25, 0.3) is 22.6 Å². The van der Waals surface area contributed by atoms with Crippen LogP contribution in [0.1, 0.15) is 24.3 Å². The first-order valence-electron chi connectivity index (χ1n) is 12.2. The predicted octanol–water partition coefficient (Wildman–Crippen LogP) is 1.38. The van der Waals surface area contributed by atoms with Gasteiger partial charge in [0.1, 0.15) is 12.3 Å². The maximum Gasteiger partial charge on any atom is 0.332 e. The SMILES string of the molecule is COc1cc(-c2nnc(Cn3c(N4CCC(N(C)C)CC4)nc4c3c(=O)n(C)c(=O)n4C)o2)ccc1C. The van der Waals surface area contributed by atoms with Crippen LogP contribution < -0.4 is 20.9 Å². The smallest absolute Gasteiger partial charge is 0.332 e. The third-order valence-electron chi connectivity index (χ3n) is 7.22. The Morgan fingerprint density at radius 3 is 2.51 bits per heavy atom. The maximum absolute atomic E-state index is 13.3. The molecule has 0 radical (unpaired) electrons. The van der Waals surface area contributed by atoms with Crippen LogP contribution in [0.2, 0.25) is 0 Å². The van der Waals surface area contributed by atoms with Gasteiger partial charge in [0.2, 0.25) is 17.7 Å². The van der Waals surface area contributed by atoms with Crippen molar-refractivity contribution in [1.82, 2.24) is 33.8 Å². The molecule has 196 valence electrons. The number of nitrogens with zero attached hydrogens (tertiary/aromatic N) is 8. The lowest BCUT2D eigenvalue weighted by Gasteiger charge is -2.35. The minimum Gasteiger partial charge on any atom is -0.496 e. The van der Waals surface area contributed by atoms with Gasteiger partial charge in [0.15, 0.2) is 11.2 Å². The molecule has 1 fully saturated rings. The van der Waals surface area contributed by atoms with Crippen LogP contribution in [0, 0.1) is 6.92 Å². The Bertz CT molecular complexity index is 1570. The van der Waals surface area contributed by atoms with Crippen LogP contribution in [0.15, 0.2) is 32.2 Å². The van der Waals surface area contributed by atoms with E-state index < -0.39 is 11.2 Å². The standard InChI is InChI=1S/C25H32N8O4/c1-15-7-8-16(13-18(15)36-6)22-28-27-19(37-22)14-33-20-21(30(4)25(35)31(5)23(20)34)26-24(33)32-11-9-17(10-12-32)29(2)3/h7-8,13,17H,9-12,14H2,1-6H3. The van der Waals surface area contributed by atoms with E-state index in [1.54, 1.807) is 18.7 Å². The molecule has 3 aromatic heterocycles. The lowest BCUT2D eigenvalue weighted by atomic mass is 10.0. The van der Waals surface area contributed by atoms with Crippen molar-refractivity contribution >= 4 is 17.1 Å². The van der Waals surface area contributed by atoms with E-state index in [-0.39, 0.29) is 6.54 Å². The summed E-state index contributed by atoms with van der Waals surface area (Å²) in [5, 5.41) is 8.49. The number of hydrogen-bond acceptors (Lipinski definition) is 9. The van der Waals surface area contributed by atoms with Gasteiger partial charge < -0.3 is 19.0 Å². The Labute approximate surface area is 213 Å². The second kappa shape index (κ2) is 9.51. The van der Waals surface area contributed by atoms with E-state index in [2.05, 4.69) is 34.1 Å². The molecule has 0 unspecified atom stereocenters. The summed E-state index contributed by atoms with van der Waals surface area (Å²) < 4.78 is 15.7. The molecule has 4 heterocycles. The number of hydrogen-bond donors (Lipinski definition) is 0. The van der Waals surface area contributed by atoms with E-state index in [9.17, 15) is 9.59 Å². The Morgan fingerprint density at radius 2 is 1.84 bits per heavy atom. The van der Waals surface area contributed by atoms with Crippen molar-refractivity contribution < 1.29 is 9.15 Å². The molecule has 1 saturated heterocycles. The summed E-state index contributed by atoms with van der Waals surface area (Å²) >= 11 is 0. The summed E-state index contributed by atoms with van der Waals surface area (Å²) in [6, 6.07) is 6.16. The molecule has 12 nitrogen and oxygen atoms in total. The molecule has 1 aromatic carbocycles. The molecule has 0 bridgehead atoms. The molecular weight excluding hydrogens is 476 g/mol. The number of ether oxygens (including phenoxy) is 1. The second-order valence-corrected chi connectivity index (χ2v) is 9.74. The monoisotopic (exact) mass is 508 g/mol. The third kappa shape index (κ3) is 4.31. The number of aryl methyl sites for hydroxylation is 2. The first kappa shape index (κ1) is 24.8. The van der Waals surface area contributed by atoms with Gasteiger partial charge in [0, 0.05) is 38.8 Å². The molecular formula is C25H32N8O4. The zero-order valence-corrected chi connectivity index (χ0v) is 22.1. The Hall–Kier alpha value is -3.93. The van der Waals surface area contributed by atoms with Crippen LogP contribution in [0.4, 0.5) is 5.95 Å². The van der Waals surface area contributed by atoms with Crippen LogP contribution in [-0.2, 0) is 20.6 Å². The van der Waals surface area contributed by atoms with Gasteiger partial charge in [-0.2, -0.15) is 4.98 Å². The molecule has 0 aliphatic carbocycles. The van der Waals surface area contributed by atoms with Crippen molar-refractivity contribution in [2.24, 2.45) is 14.1 Å². The highest BCUT2D eigenvalue weighted by molar-refractivity contribution is 5.74. The minimum atomic E-state index is -0.423. The van der Waals surface area contributed by atoms with E-state index in [0.29, 0.717) is 34.9 Å². The number of methoxy groups -OCH3 is 1. The number of fused-ring (bicyclic) bond motifs is 1. The van der Waals surface area contributed by atoms with Crippen molar-refractivity contribution in [1.29, 1.82) is 0 Å². The van der Waals surface area contributed by atoms with Gasteiger partial charge >= 0.3 is 5.69 Å². The summed E-state index contributed by atoms with van der Waals surface area (Å²) in [4.78, 5) is 35.1. The van der Waals surface area contributed by atoms with Crippen LogP contribution >= 0.6 is 0 Å². The van der Waals surface area contributed by atoms with E-state index in [1.165, 1.54) is 11.6 Å². The van der Waals surface area contributed by atoms with Gasteiger partial charge in [-0.05, 0) is 51.6 Å². The number of imidazole rings is 1. The number of aromatic nitrogens is 6. The van der Waals surface area contributed by atoms with Crippen LogP contribution in [0.3, 0.4) is 0 Å². The molecule has 0 atom stereocenters. The zero-order chi connectivity index (χ0) is 26.4. The molecule has 0 N–H and O–H groups in total. The molecule has 1 aliphatic rings. The zero-order valence-electron chi connectivity index (χ0n) is 22.1. The fraction of sp³-hybridized carbons (Fsp3) is 0.480. The first-order valence-corrected chi connectivity index (χ1v) is 12.2. The van der Waals surface area contributed by atoms with Crippen molar-refractivity contribution in [3.05, 3.63) is 50.5 Å². The maximum atomic E-state index is 13.3. The van der Waals surface area contributed by atoms with E-state index in [1.807, 2.05) is 25.1 Å². The van der Waals surface area contributed by atoms with Gasteiger partial charge in [-0.15, -0.1) is 10.2 Å². The molecule has 37 heavy (non-hydrogen) atoms. The Kier molecular flexibility index (Phi) is 6.36. The van der Waals surface area contributed by atoms with Crippen molar-refractivity contribution in [3.63, 3.8) is 0 Å². The third-order valence-corrected chi connectivity index (χ3v) is 7.22. The van der Waals surface area contributed by atoms with Crippen molar-refractivity contribution in [2.75, 3.05) is 39.2 Å². The second-order valence-electron chi connectivity index (χ2n) is 9.74. The van der Waals surface area contributed by atoms with E-state index in [0.717, 1.165) is 47.4 Å². The lowest BCUT2D eigenvalue weighted by Crippen LogP contribution is -2.43. The van der Waals surface area contributed by atoms with Crippen molar-refractivity contribution in [2.45, 2.75) is 32.4 Å². The Morgan fingerprint density at radius 1 is 1.11 bits per heavy atom. The lowest BCUT2D eigenvalue weighted by molar-refractivity contribution is 0.248. The fourth-order valence-electron chi connectivity index (χ4n) is 4.93. The minimum absolute atomic E-state index is 0.142. The van der Waals surface area contributed by atoms with E-state index in [4.69, 9.17) is 14.1 Å². The quantitative estimate of drug-likeness (QED) is 0.381. The van der Waals surface area contributed by atoms with E-state index >= 15 is 0 Å². The highest BCUT2D eigenvalue weighted by Gasteiger charge is 2.28. The molecule has 5 rings (SSSR count). The fourth-order valence-corrected chi connectivity index (χ4v) is 4.93. The molecule has 0 amide bonds. The normalized spacial score (nSPS) is 14.7. The molecule has 12 heteroatoms. The molecule has 0 spiro atoms. The summed E-state index contributed by atoms with van der Waals surface area (Å²) in [6.45, 7) is 3.66. The summed E-state index contributed by atoms with van der Waals surface area (Å²) in [5.74, 6) is 2.02. The highest BCUT2D eigenvalue weighted by Crippen LogP contribution is 2.28. The number of piperidine rings is 1. The van der Waals surface area contributed by atoms with Gasteiger partial charge in [0.05, 0.1) is 7.11 Å². The van der Waals surface area contributed by atoms with Gasteiger partial charge in [-0.1, -0.05) is 6.07 Å². The topological polar surface area (TPSA) is 116 Å². The van der Waals surface area contributed by atoms with Gasteiger partial charge in [0.25, 0.3) is 5.56 Å². The number of benzene rings is 1. The Balaban J connectivity index is 1.57. The number of anilines is 1.